The van der Waals surface area contributed by atoms with Crippen molar-refractivity contribution in [2.45, 2.75) is 64.1 Å². The molecule has 0 radical (unpaired) electrons. The van der Waals surface area contributed by atoms with Crippen LogP contribution in [0.1, 0.15) is 57.2 Å². The van der Waals surface area contributed by atoms with E-state index in [2.05, 4.69) is 34.1 Å². The van der Waals surface area contributed by atoms with Gasteiger partial charge in [-0.15, -0.1) is 0 Å². The molecule has 1 aromatic rings. The highest BCUT2D eigenvalue weighted by atomic mass is 15.3. The van der Waals surface area contributed by atoms with Crippen molar-refractivity contribution in [3.05, 3.63) is 18.0 Å². The molecule has 2 aliphatic rings. The highest BCUT2D eigenvalue weighted by Gasteiger charge is 2.23. The fourth-order valence-corrected chi connectivity index (χ4v) is 3.67. The van der Waals surface area contributed by atoms with Gasteiger partial charge in [-0.3, -0.25) is 9.58 Å². The van der Waals surface area contributed by atoms with Crippen molar-refractivity contribution < 1.29 is 0 Å². The summed E-state index contributed by atoms with van der Waals surface area (Å²) in [5.41, 5.74) is 1.25. The fraction of sp³-hybridized carbons (Fsp3) is 0.812. The summed E-state index contributed by atoms with van der Waals surface area (Å²) >= 11 is 0. The van der Waals surface area contributed by atoms with E-state index in [9.17, 15) is 0 Å². The minimum Gasteiger partial charge on any atom is -0.314 e. The molecule has 4 heteroatoms. The molecule has 1 saturated heterocycles. The Labute approximate surface area is 122 Å². The first-order valence-electron chi connectivity index (χ1n) is 8.35. The van der Waals surface area contributed by atoms with Gasteiger partial charge >= 0.3 is 0 Å². The Morgan fingerprint density at radius 1 is 1.35 bits per heavy atom. The second kappa shape index (κ2) is 6.72. The first kappa shape index (κ1) is 14.1. The smallest absolute Gasteiger partial charge is 0.0765 e. The van der Waals surface area contributed by atoms with Gasteiger partial charge < -0.3 is 5.32 Å². The number of nitrogens with one attached hydrogen (secondary N) is 1. The zero-order valence-electron chi connectivity index (χ0n) is 12.7. The minimum atomic E-state index is 0.665. The van der Waals surface area contributed by atoms with Gasteiger partial charge in [-0.1, -0.05) is 26.2 Å². The molecule has 1 aliphatic carbocycles. The van der Waals surface area contributed by atoms with Crippen molar-refractivity contribution in [2.75, 3.05) is 19.6 Å². The predicted molar refractivity (Wildman–Crippen MR) is 81.7 cm³/mol. The monoisotopic (exact) mass is 276 g/mol. The molecule has 0 bridgehead atoms. The number of hydrogen-bond acceptors (Lipinski definition) is 3. The molecule has 0 aromatic carbocycles. The van der Waals surface area contributed by atoms with E-state index in [1.807, 2.05) is 0 Å². The number of hydrogen-bond donors (Lipinski definition) is 1. The molecule has 1 N–H and O–H groups in total. The van der Waals surface area contributed by atoms with Crippen molar-refractivity contribution >= 4 is 0 Å². The average Bonchev–Trinajstić information content (AvgIpc) is 3.12. The van der Waals surface area contributed by atoms with Gasteiger partial charge in [-0.05, 0) is 25.3 Å². The van der Waals surface area contributed by atoms with Gasteiger partial charge in [0, 0.05) is 38.4 Å². The summed E-state index contributed by atoms with van der Waals surface area (Å²) in [7, 11) is 0. The molecule has 4 nitrogen and oxygen atoms in total. The largest absolute Gasteiger partial charge is 0.314 e. The Kier molecular flexibility index (Phi) is 4.73. The van der Waals surface area contributed by atoms with Gasteiger partial charge in [0.1, 0.15) is 0 Å². The molecule has 1 aliphatic heterocycles. The van der Waals surface area contributed by atoms with Crippen LogP contribution in [0.4, 0.5) is 0 Å². The standard InChI is InChI=1S/C16H28N4/c1-2-5-16-12-17-9-11-19(16)13-14-8-10-20(18-14)15-6-3-4-7-15/h8,10,15-17H,2-7,9,11-13H2,1H3. The summed E-state index contributed by atoms with van der Waals surface area (Å²) in [6, 6.07) is 3.58. The summed E-state index contributed by atoms with van der Waals surface area (Å²) in [6.07, 6.45) is 10.1. The van der Waals surface area contributed by atoms with Gasteiger partial charge in [0.05, 0.1) is 11.7 Å². The van der Waals surface area contributed by atoms with Crippen LogP contribution in [-0.4, -0.2) is 40.4 Å². The Morgan fingerprint density at radius 2 is 2.20 bits per heavy atom. The van der Waals surface area contributed by atoms with Gasteiger partial charge in [0.2, 0.25) is 0 Å². The van der Waals surface area contributed by atoms with E-state index in [4.69, 9.17) is 5.10 Å². The molecule has 0 spiro atoms. The maximum Gasteiger partial charge on any atom is 0.0765 e. The number of piperazine rings is 1. The van der Waals surface area contributed by atoms with Crippen LogP contribution in [0.25, 0.3) is 0 Å². The van der Waals surface area contributed by atoms with E-state index in [-0.39, 0.29) is 0 Å². The second-order valence-electron chi connectivity index (χ2n) is 6.34. The molecular formula is C16H28N4. The van der Waals surface area contributed by atoms with E-state index >= 15 is 0 Å². The lowest BCUT2D eigenvalue weighted by Crippen LogP contribution is -2.50. The summed E-state index contributed by atoms with van der Waals surface area (Å²) in [5.74, 6) is 0. The van der Waals surface area contributed by atoms with Crippen LogP contribution in [0.2, 0.25) is 0 Å². The van der Waals surface area contributed by atoms with E-state index < -0.39 is 0 Å². The SMILES string of the molecule is CCCC1CNCCN1Cc1ccn(C2CCCC2)n1. The Hall–Kier alpha value is -0.870. The molecule has 1 aromatic heterocycles. The van der Waals surface area contributed by atoms with Crippen LogP contribution in [-0.2, 0) is 6.54 Å². The lowest BCUT2D eigenvalue weighted by atomic mass is 10.1. The van der Waals surface area contributed by atoms with E-state index in [1.54, 1.807) is 0 Å². The van der Waals surface area contributed by atoms with Gasteiger partial charge in [0.15, 0.2) is 0 Å². The maximum absolute atomic E-state index is 4.84. The van der Waals surface area contributed by atoms with E-state index in [1.165, 1.54) is 44.2 Å². The third-order valence-electron chi connectivity index (χ3n) is 4.82. The van der Waals surface area contributed by atoms with E-state index in [0.717, 1.165) is 26.2 Å². The Morgan fingerprint density at radius 3 is 3.00 bits per heavy atom. The van der Waals surface area contributed by atoms with Crippen molar-refractivity contribution in [1.82, 2.24) is 20.0 Å². The van der Waals surface area contributed by atoms with Crippen LogP contribution >= 0.6 is 0 Å². The molecule has 1 saturated carbocycles. The van der Waals surface area contributed by atoms with Crippen LogP contribution in [0, 0.1) is 0 Å². The van der Waals surface area contributed by atoms with Crippen LogP contribution in [0.5, 0.6) is 0 Å². The molecule has 3 rings (SSSR count). The van der Waals surface area contributed by atoms with Gasteiger partial charge in [-0.2, -0.15) is 5.10 Å². The average molecular weight is 276 g/mol. The first-order chi connectivity index (χ1) is 9.86. The van der Waals surface area contributed by atoms with Crippen LogP contribution in [0.3, 0.4) is 0 Å². The third kappa shape index (κ3) is 3.23. The normalized spacial score (nSPS) is 25.4. The van der Waals surface area contributed by atoms with Crippen LogP contribution in [0.15, 0.2) is 12.3 Å². The Bertz CT molecular complexity index is 406. The molecule has 20 heavy (non-hydrogen) atoms. The Balaban J connectivity index is 1.61. The van der Waals surface area contributed by atoms with Crippen molar-refractivity contribution in [2.24, 2.45) is 0 Å². The minimum absolute atomic E-state index is 0.665. The topological polar surface area (TPSA) is 33.1 Å². The molecule has 112 valence electrons. The van der Waals surface area contributed by atoms with Gasteiger partial charge in [-0.25, -0.2) is 0 Å². The number of aromatic nitrogens is 2. The molecular weight excluding hydrogens is 248 g/mol. The first-order valence-corrected chi connectivity index (χ1v) is 8.35. The summed E-state index contributed by atoms with van der Waals surface area (Å²) in [6.45, 7) is 6.70. The van der Waals surface area contributed by atoms with Gasteiger partial charge in [0.25, 0.3) is 0 Å². The molecule has 1 unspecified atom stereocenters. The molecule has 2 heterocycles. The molecule has 0 amide bonds. The second-order valence-corrected chi connectivity index (χ2v) is 6.34. The van der Waals surface area contributed by atoms with Crippen molar-refractivity contribution in [3.8, 4) is 0 Å². The van der Waals surface area contributed by atoms with Crippen molar-refractivity contribution in [1.29, 1.82) is 0 Å². The molecule has 2 fully saturated rings. The van der Waals surface area contributed by atoms with E-state index in [0.29, 0.717) is 12.1 Å². The zero-order chi connectivity index (χ0) is 13.8. The maximum atomic E-state index is 4.84. The summed E-state index contributed by atoms with van der Waals surface area (Å²) in [4.78, 5) is 2.61. The highest BCUT2D eigenvalue weighted by Crippen LogP contribution is 2.28. The number of nitrogens with zero attached hydrogens (tertiary/aromatic N) is 3. The predicted octanol–water partition coefficient (Wildman–Crippen LogP) is 2.57. The van der Waals surface area contributed by atoms with Crippen LogP contribution < -0.4 is 5.32 Å². The number of rotatable bonds is 5. The lowest BCUT2D eigenvalue weighted by molar-refractivity contribution is 0.142. The highest BCUT2D eigenvalue weighted by molar-refractivity contribution is 5.01. The quantitative estimate of drug-likeness (QED) is 0.897. The summed E-state index contributed by atoms with van der Waals surface area (Å²) < 4.78 is 2.22. The third-order valence-corrected chi connectivity index (χ3v) is 4.82. The summed E-state index contributed by atoms with van der Waals surface area (Å²) in [5, 5.41) is 8.35. The lowest BCUT2D eigenvalue weighted by Gasteiger charge is -2.35. The molecule has 1 atom stereocenters. The fourth-order valence-electron chi connectivity index (χ4n) is 3.67. The zero-order valence-corrected chi connectivity index (χ0v) is 12.7. The van der Waals surface area contributed by atoms with Crippen molar-refractivity contribution in [3.63, 3.8) is 0 Å².